The van der Waals surface area contributed by atoms with Gasteiger partial charge in [0.15, 0.2) is 0 Å². The minimum atomic E-state index is 0. The molecule has 147 valence electrons. The fourth-order valence-electron chi connectivity index (χ4n) is 3.60. The summed E-state index contributed by atoms with van der Waals surface area (Å²) < 4.78 is 3.97. The topological polar surface area (TPSA) is 48.5 Å². The molecule has 28 heavy (non-hydrogen) atoms. The van der Waals surface area contributed by atoms with Gasteiger partial charge in [-0.1, -0.05) is 51.5 Å². The van der Waals surface area contributed by atoms with Gasteiger partial charge < -0.3 is 4.57 Å². The van der Waals surface area contributed by atoms with Crippen LogP contribution in [0.2, 0.25) is 0 Å². The number of benzene rings is 2. The normalized spacial score (nSPS) is 11.4. The van der Waals surface area contributed by atoms with Crippen LogP contribution in [0.25, 0.3) is 28.1 Å². The van der Waals surface area contributed by atoms with Gasteiger partial charge in [-0.3, -0.25) is 14.6 Å². The predicted molar refractivity (Wildman–Crippen MR) is 108 cm³/mol. The Labute approximate surface area is 179 Å². The van der Waals surface area contributed by atoms with Crippen LogP contribution in [0.3, 0.4) is 0 Å². The number of aromatic nitrogens is 5. The summed E-state index contributed by atoms with van der Waals surface area (Å²) in [6, 6.07) is 13.8. The number of nitrogens with zero attached hydrogens (tertiary/aromatic N) is 5. The van der Waals surface area contributed by atoms with Crippen molar-refractivity contribution in [1.82, 2.24) is 24.3 Å². The molecule has 5 nitrogen and oxygen atoms in total. The van der Waals surface area contributed by atoms with E-state index in [0.717, 1.165) is 28.1 Å². The largest absolute Gasteiger partial charge is 0.352 e. The van der Waals surface area contributed by atoms with Gasteiger partial charge in [0.05, 0.1) is 17.8 Å². The molecule has 1 radical (unpaired) electrons. The Morgan fingerprint density at radius 1 is 0.964 bits per heavy atom. The molecule has 4 aromatic rings. The van der Waals surface area contributed by atoms with Crippen LogP contribution in [0.1, 0.15) is 50.7 Å². The molecule has 0 spiro atoms. The Balaban J connectivity index is 0.00000225. The molecule has 2 aromatic heterocycles. The Hall–Kier alpha value is -2.30. The van der Waals surface area contributed by atoms with Gasteiger partial charge in [0.25, 0.3) is 0 Å². The molecule has 0 atom stereocenters. The summed E-state index contributed by atoms with van der Waals surface area (Å²) >= 11 is 0. The number of para-hydroxylation sites is 1. The van der Waals surface area contributed by atoms with Crippen LogP contribution in [0.4, 0.5) is 0 Å². The molecule has 0 saturated carbocycles. The zero-order valence-electron chi connectivity index (χ0n) is 16.8. The van der Waals surface area contributed by atoms with E-state index >= 15 is 0 Å². The Bertz CT molecular complexity index is 1080. The molecular weight excluding hydrogens is 526 g/mol. The van der Waals surface area contributed by atoms with Crippen molar-refractivity contribution >= 4 is 11.0 Å². The van der Waals surface area contributed by atoms with Crippen molar-refractivity contribution in [2.75, 3.05) is 0 Å². The Morgan fingerprint density at radius 3 is 2.29 bits per heavy atom. The maximum absolute atomic E-state index is 4.61. The summed E-state index contributed by atoms with van der Waals surface area (Å²) in [5.74, 6) is 1.53. The van der Waals surface area contributed by atoms with Crippen molar-refractivity contribution in [3.63, 3.8) is 0 Å². The molecule has 2 aromatic carbocycles. The van der Waals surface area contributed by atoms with Crippen molar-refractivity contribution < 1.29 is 20.1 Å². The summed E-state index contributed by atoms with van der Waals surface area (Å²) in [4.78, 5) is 9.17. The van der Waals surface area contributed by atoms with Gasteiger partial charge in [0, 0.05) is 32.7 Å². The second kappa shape index (κ2) is 7.98. The summed E-state index contributed by atoms with van der Waals surface area (Å²) in [6.45, 7) is 8.85. The first-order chi connectivity index (χ1) is 13.0. The van der Waals surface area contributed by atoms with E-state index in [1.165, 1.54) is 11.1 Å². The molecule has 2 heterocycles. The summed E-state index contributed by atoms with van der Waals surface area (Å²) in [5.41, 5.74) is 6.47. The van der Waals surface area contributed by atoms with E-state index in [1.807, 2.05) is 34.8 Å². The van der Waals surface area contributed by atoms with Gasteiger partial charge >= 0.3 is 0 Å². The average molecular weight is 551 g/mol. The average Bonchev–Trinajstić information content (AvgIpc) is 3.28. The third kappa shape index (κ3) is 3.31. The van der Waals surface area contributed by atoms with Gasteiger partial charge in [-0.2, -0.15) is 5.10 Å². The van der Waals surface area contributed by atoms with Crippen LogP contribution >= 0.6 is 0 Å². The molecule has 0 aliphatic heterocycles. The standard InChI is InChI=1S/C22H24N5.Ir/c1-14(2)16-8-6-9-17(15(3)4)21(16)27-22(23-12-25-27)18-10-7-11-19-20(18)24-13-26(19)5;/h6-9,11-15H,1-5H3;/q-1;. The smallest absolute Gasteiger partial charge is 0.127 e. The number of fused-ring (bicyclic) bond motifs is 1. The van der Waals surface area contributed by atoms with E-state index in [2.05, 4.69) is 67.0 Å². The maximum atomic E-state index is 4.61. The fourth-order valence-corrected chi connectivity index (χ4v) is 3.60. The van der Waals surface area contributed by atoms with E-state index in [4.69, 9.17) is 0 Å². The minimum Gasteiger partial charge on any atom is -0.352 e. The van der Waals surface area contributed by atoms with Crippen LogP contribution in [-0.2, 0) is 27.2 Å². The molecule has 0 aliphatic rings. The SMILES string of the molecule is CC(C)c1cccc(C(C)C)c1-n1ncnc1-c1[c-]ccc2c1ncn2C.[Ir]. The van der Waals surface area contributed by atoms with E-state index in [0.29, 0.717) is 11.8 Å². The van der Waals surface area contributed by atoms with Gasteiger partial charge in [-0.05, 0) is 28.5 Å². The number of imidazole rings is 1. The van der Waals surface area contributed by atoms with Crippen LogP contribution in [0.5, 0.6) is 0 Å². The molecular formula is C22H24IrN5-. The zero-order valence-corrected chi connectivity index (χ0v) is 19.2. The summed E-state index contributed by atoms with van der Waals surface area (Å²) in [7, 11) is 1.99. The third-order valence-electron chi connectivity index (χ3n) is 5.01. The Morgan fingerprint density at radius 2 is 1.64 bits per heavy atom. The quantitative estimate of drug-likeness (QED) is 0.341. The molecule has 0 unspecified atom stereocenters. The molecule has 4 rings (SSSR count). The van der Waals surface area contributed by atoms with E-state index in [-0.39, 0.29) is 20.1 Å². The maximum Gasteiger partial charge on any atom is 0.127 e. The number of hydrogen-bond donors (Lipinski definition) is 0. The van der Waals surface area contributed by atoms with E-state index in [9.17, 15) is 0 Å². The predicted octanol–water partition coefficient (Wildman–Crippen LogP) is 4.87. The first kappa shape index (κ1) is 20.4. The molecule has 0 aliphatic carbocycles. The number of aryl methyl sites for hydroxylation is 1. The monoisotopic (exact) mass is 551 g/mol. The second-order valence-electron chi connectivity index (χ2n) is 7.53. The Kier molecular flexibility index (Phi) is 5.82. The third-order valence-corrected chi connectivity index (χ3v) is 5.01. The van der Waals surface area contributed by atoms with Crippen LogP contribution in [0.15, 0.2) is 43.0 Å². The molecule has 0 amide bonds. The van der Waals surface area contributed by atoms with Gasteiger partial charge in [-0.15, -0.1) is 18.2 Å². The van der Waals surface area contributed by atoms with Crippen LogP contribution in [0, 0.1) is 6.07 Å². The van der Waals surface area contributed by atoms with Crippen molar-refractivity contribution in [3.05, 3.63) is 60.2 Å². The number of rotatable bonds is 4. The molecule has 0 N–H and O–H groups in total. The fraction of sp³-hybridized carbons (Fsp3) is 0.318. The van der Waals surface area contributed by atoms with Gasteiger partial charge in [0.1, 0.15) is 6.33 Å². The van der Waals surface area contributed by atoms with Crippen molar-refractivity contribution in [3.8, 4) is 17.1 Å². The molecule has 6 heteroatoms. The van der Waals surface area contributed by atoms with Crippen LogP contribution in [-0.4, -0.2) is 24.3 Å². The molecule has 0 fully saturated rings. The van der Waals surface area contributed by atoms with Crippen molar-refractivity contribution in [2.24, 2.45) is 7.05 Å². The van der Waals surface area contributed by atoms with E-state index in [1.54, 1.807) is 6.33 Å². The minimum absolute atomic E-state index is 0. The number of hydrogen-bond acceptors (Lipinski definition) is 3. The van der Waals surface area contributed by atoms with E-state index < -0.39 is 0 Å². The first-order valence-electron chi connectivity index (χ1n) is 9.34. The zero-order chi connectivity index (χ0) is 19.1. The van der Waals surface area contributed by atoms with Gasteiger partial charge in [0.2, 0.25) is 0 Å². The molecule has 0 bridgehead atoms. The van der Waals surface area contributed by atoms with Gasteiger partial charge in [-0.25, -0.2) is 0 Å². The summed E-state index contributed by atoms with van der Waals surface area (Å²) in [6.07, 6.45) is 3.44. The second-order valence-corrected chi connectivity index (χ2v) is 7.53. The first-order valence-corrected chi connectivity index (χ1v) is 9.34. The summed E-state index contributed by atoms with van der Waals surface area (Å²) in [5, 5.41) is 4.61. The van der Waals surface area contributed by atoms with Crippen molar-refractivity contribution in [1.29, 1.82) is 0 Å². The van der Waals surface area contributed by atoms with Crippen LogP contribution < -0.4 is 0 Å². The van der Waals surface area contributed by atoms with Crippen molar-refractivity contribution in [2.45, 2.75) is 39.5 Å². The molecule has 0 saturated heterocycles.